The minimum atomic E-state index is -0.504. The number of hydrogen-bond donors (Lipinski definition) is 1. The summed E-state index contributed by atoms with van der Waals surface area (Å²) in [6, 6.07) is 9.01. The zero-order valence-electron chi connectivity index (χ0n) is 11.0. The molecule has 1 N–H and O–H groups in total. The number of nitrogens with one attached hydrogen (secondary N) is 1. The number of carbonyl (C=O) groups is 2. The number of nitrogens with zero attached hydrogens (tertiary/aromatic N) is 1. The van der Waals surface area contributed by atoms with Crippen molar-refractivity contribution >= 4 is 17.6 Å². The van der Waals surface area contributed by atoms with Crippen molar-refractivity contribution in [2.45, 2.75) is 18.9 Å². The van der Waals surface area contributed by atoms with Crippen LogP contribution in [-0.4, -0.2) is 38.1 Å². The molecule has 1 aromatic carbocycles. The van der Waals surface area contributed by atoms with Crippen molar-refractivity contribution in [1.82, 2.24) is 5.32 Å². The molecule has 2 rings (SSSR count). The molecule has 5 heteroatoms. The number of para-hydroxylation sites is 1. The molecule has 0 radical (unpaired) electrons. The summed E-state index contributed by atoms with van der Waals surface area (Å²) >= 11 is 0. The number of anilines is 1. The average Bonchev–Trinajstić information content (AvgIpc) is 2.62. The molecule has 1 heterocycles. The number of carbonyl (C=O) groups excluding carboxylic acids is 2. The van der Waals surface area contributed by atoms with Crippen LogP contribution in [0.3, 0.4) is 0 Å². The minimum Gasteiger partial charge on any atom is -0.469 e. The monoisotopic (exact) mass is 262 g/mol. The predicted octanol–water partition coefficient (Wildman–Crippen LogP) is 0.945. The van der Waals surface area contributed by atoms with E-state index in [1.165, 1.54) is 7.11 Å². The number of methoxy groups -OCH3 is 1. The van der Waals surface area contributed by atoms with Crippen molar-refractivity contribution in [3.8, 4) is 0 Å². The van der Waals surface area contributed by atoms with Gasteiger partial charge < -0.3 is 15.0 Å². The third-order valence-corrected chi connectivity index (χ3v) is 3.18. The molecular weight excluding hydrogens is 244 g/mol. The maximum absolute atomic E-state index is 12.5. The summed E-state index contributed by atoms with van der Waals surface area (Å²) in [4.78, 5) is 25.5. The van der Waals surface area contributed by atoms with Crippen molar-refractivity contribution in [3.05, 3.63) is 30.3 Å². The fourth-order valence-corrected chi connectivity index (χ4v) is 2.17. The second-order valence-corrected chi connectivity index (χ2v) is 4.47. The highest BCUT2D eigenvalue weighted by atomic mass is 16.5. The Hall–Kier alpha value is -1.88. The van der Waals surface area contributed by atoms with Crippen LogP contribution in [-0.2, 0) is 14.3 Å². The van der Waals surface area contributed by atoms with E-state index in [1.807, 2.05) is 30.3 Å². The molecule has 1 unspecified atom stereocenters. The lowest BCUT2D eigenvalue weighted by atomic mass is 10.1. The van der Waals surface area contributed by atoms with Crippen LogP contribution in [0.5, 0.6) is 0 Å². The first-order chi connectivity index (χ1) is 9.22. The van der Waals surface area contributed by atoms with Gasteiger partial charge in [-0.3, -0.25) is 9.59 Å². The van der Waals surface area contributed by atoms with Gasteiger partial charge in [-0.2, -0.15) is 0 Å². The van der Waals surface area contributed by atoms with E-state index in [0.717, 1.165) is 18.7 Å². The Balaban J connectivity index is 2.15. The standard InChI is InChI=1S/C14H18N2O3/c1-19-13(17)10-12-14(18)16(9-5-8-15-12)11-6-3-2-4-7-11/h2-4,6-7,12,15H,5,8-10H2,1H3. The zero-order valence-corrected chi connectivity index (χ0v) is 11.0. The zero-order chi connectivity index (χ0) is 13.7. The van der Waals surface area contributed by atoms with Crippen molar-refractivity contribution in [2.75, 3.05) is 25.1 Å². The number of esters is 1. The van der Waals surface area contributed by atoms with E-state index in [-0.39, 0.29) is 18.3 Å². The van der Waals surface area contributed by atoms with Gasteiger partial charge in [0.2, 0.25) is 5.91 Å². The Morgan fingerprint density at radius 3 is 2.84 bits per heavy atom. The second kappa shape index (κ2) is 6.33. The Labute approximate surface area is 112 Å². The largest absolute Gasteiger partial charge is 0.469 e. The molecule has 1 amide bonds. The van der Waals surface area contributed by atoms with Gasteiger partial charge in [0.05, 0.1) is 19.6 Å². The SMILES string of the molecule is COC(=O)CC1NCCCN(c2ccccc2)C1=O. The van der Waals surface area contributed by atoms with Gasteiger partial charge in [-0.15, -0.1) is 0 Å². The summed E-state index contributed by atoms with van der Waals surface area (Å²) in [5, 5.41) is 3.10. The highest BCUT2D eigenvalue weighted by Crippen LogP contribution is 2.17. The molecule has 1 aliphatic heterocycles. The first kappa shape index (κ1) is 13.5. The summed E-state index contributed by atoms with van der Waals surface area (Å²) in [6.45, 7) is 1.38. The van der Waals surface area contributed by atoms with Crippen LogP contribution in [0.15, 0.2) is 30.3 Å². The van der Waals surface area contributed by atoms with Gasteiger partial charge in [-0.05, 0) is 25.1 Å². The van der Waals surface area contributed by atoms with Gasteiger partial charge in [0, 0.05) is 12.2 Å². The van der Waals surface area contributed by atoms with E-state index < -0.39 is 6.04 Å². The Morgan fingerprint density at radius 2 is 2.16 bits per heavy atom. The van der Waals surface area contributed by atoms with Crippen LogP contribution >= 0.6 is 0 Å². The molecule has 0 saturated carbocycles. The van der Waals surface area contributed by atoms with Crippen molar-refractivity contribution in [2.24, 2.45) is 0 Å². The smallest absolute Gasteiger partial charge is 0.307 e. The number of benzene rings is 1. The molecular formula is C14H18N2O3. The molecule has 5 nitrogen and oxygen atoms in total. The molecule has 1 saturated heterocycles. The second-order valence-electron chi connectivity index (χ2n) is 4.47. The van der Waals surface area contributed by atoms with Crippen molar-refractivity contribution in [1.29, 1.82) is 0 Å². The summed E-state index contributed by atoms with van der Waals surface area (Å²) in [5.41, 5.74) is 0.867. The lowest BCUT2D eigenvalue weighted by Crippen LogP contribution is -2.45. The van der Waals surface area contributed by atoms with E-state index in [9.17, 15) is 9.59 Å². The highest BCUT2D eigenvalue weighted by molar-refractivity contribution is 5.99. The molecule has 1 aromatic rings. The van der Waals surface area contributed by atoms with Crippen molar-refractivity contribution < 1.29 is 14.3 Å². The lowest BCUT2D eigenvalue weighted by molar-refractivity contribution is -0.142. The molecule has 0 spiro atoms. The number of ether oxygens (including phenoxy) is 1. The maximum Gasteiger partial charge on any atom is 0.307 e. The van der Waals surface area contributed by atoms with Crippen LogP contribution in [0.2, 0.25) is 0 Å². The molecule has 19 heavy (non-hydrogen) atoms. The van der Waals surface area contributed by atoms with E-state index in [0.29, 0.717) is 6.54 Å². The van der Waals surface area contributed by atoms with Gasteiger partial charge in [0.25, 0.3) is 0 Å². The van der Waals surface area contributed by atoms with Gasteiger partial charge >= 0.3 is 5.97 Å². The summed E-state index contributed by atoms with van der Waals surface area (Å²) in [5.74, 6) is -0.449. The molecule has 102 valence electrons. The van der Waals surface area contributed by atoms with Crippen molar-refractivity contribution in [3.63, 3.8) is 0 Å². The van der Waals surface area contributed by atoms with Crippen LogP contribution in [0.25, 0.3) is 0 Å². The van der Waals surface area contributed by atoms with Crippen LogP contribution < -0.4 is 10.2 Å². The lowest BCUT2D eigenvalue weighted by Gasteiger charge is -2.23. The van der Waals surface area contributed by atoms with Crippen LogP contribution in [0, 0.1) is 0 Å². The summed E-state index contributed by atoms with van der Waals surface area (Å²) in [7, 11) is 1.33. The van der Waals surface area contributed by atoms with Crippen LogP contribution in [0.1, 0.15) is 12.8 Å². The van der Waals surface area contributed by atoms with Crippen LogP contribution in [0.4, 0.5) is 5.69 Å². The molecule has 1 atom stereocenters. The number of rotatable bonds is 3. The van der Waals surface area contributed by atoms with E-state index in [2.05, 4.69) is 10.1 Å². The summed E-state index contributed by atoms with van der Waals surface area (Å²) in [6.07, 6.45) is 0.928. The normalized spacial score (nSPS) is 19.9. The Kier molecular flexibility index (Phi) is 4.52. The third kappa shape index (κ3) is 3.32. The fraction of sp³-hybridized carbons (Fsp3) is 0.429. The van der Waals surface area contributed by atoms with Gasteiger partial charge in [-0.25, -0.2) is 0 Å². The molecule has 1 aliphatic rings. The van der Waals surface area contributed by atoms with E-state index >= 15 is 0 Å². The average molecular weight is 262 g/mol. The molecule has 0 bridgehead atoms. The molecule has 1 fully saturated rings. The fourth-order valence-electron chi connectivity index (χ4n) is 2.17. The topological polar surface area (TPSA) is 58.6 Å². The first-order valence-electron chi connectivity index (χ1n) is 6.39. The van der Waals surface area contributed by atoms with Gasteiger partial charge in [0.1, 0.15) is 0 Å². The summed E-state index contributed by atoms with van der Waals surface area (Å²) < 4.78 is 4.63. The van der Waals surface area contributed by atoms with Gasteiger partial charge in [-0.1, -0.05) is 18.2 Å². The number of amides is 1. The highest BCUT2D eigenvalue weighted by Gasteiger charge is 2.29. The Bertz CT molecular complexity index is 447. The molecule has 0 aliphatic carbocycles. The third-order valence-electron chi connectivity index (χ3n) is 3.18. The minimum absolute atomic E-state index is 0.0681. The van der Waals surface area contributed by atoms with E-state index in [4.69, 9.17) is 0 Å². The Morgan fingerprint density at radius 1 is 1.42 bits per heavy atom. The maximum atomic E-state index is 12.5. The number of hydrogen-bond acceptors (Lipinski definition) is 4. The predicted molar refractivity (Wildman–Crippen MR) is 71.8 cm³/mol. The van der Waals surface area contributed by atoms with Gasteiger partial charge in [0.15, 0.2) is 0 Å². The first-order valence-corrected chi connectivity index (χ1v) is 6.39. The van der Waals surface area contributed by atoms with E-state index in [1.54, 1.807) is 4.90 Å². The quantitative estimate of drug-likeness (QED) is 0.824. The molecule has 0 aromatic heterocycles.